The van der Waals surface area contributed by atoms with E-state index in [9.17, 15) is 4.79 Å². The van der Waals surface area contributed by atoms with E-state index in [0.717, 1.165) is 48.6 Å². The van der Waals surface area contributed by atoms with E-state index < -0.39 is 0 Å². The van der Waals surface area contributed by atoms with Gasteiger partial charge in [0.2, 0.25) is 11.9 Å². The molecule has 0 aliphatic carbocycles. The van der Waals surface area contributed by atoms with Gasteiger partial charge in [-0.15, -0.1) is 0 Å². The number of nitrogens with one attached hydrogen (secondary N) is 1. The molecule has 1 atom stereocenters. The maximum atomic E-state index is 12.9. The third kappa shape index (κ3) is 4.42. The molecule has 1 aliphatic heterocycles. The molecular formula is C22H26N6O2. The summed E-state index contributed by atoms with van der Waals surface area (Å²) in [4.78, 5) is 28.2. The Morgan fingerprint density at radius 2 is 2.10 bits per heavy atom. The minimum Gasteiger partial charge on any atom is -0.497 e. The number of carbonyl (C=O) groups is 1. The zero-order chi connectivity index (χ0) is 20.9. The number of ether oxygens (including phenoxy) is 1. The molecule has 2 aromatic heterocycles. The molecule has 0 spiro atoms. The highest BCUT2D eigenvalue weighted by atomic mass is 16.5. The Bertz CT molecular complexity index is 987. The highest BCUT2D eigenvalue weighted by Gasteiger charge is 2.32. The van der Waals surface area contributed by atoms with Gasteiger partial charge in [0.15, 0.2) is 0 Å². The van der Waals surface area contributed by atoms with Crippen molar-refractivity contribution in [1.82, 2.24) is 24.8 Å². The molecule has 0 saturated carbocycles. The molecule has 1 saturated heterocycles. The van der Waals surface area contributed by atoms with Gasteiger partial charge in [0.1, 0.15) is 23.9 Å². The Morgan fingerprint density at radius 3 is 2.83 bits per heavy atom. The van der Waals surface area contributed by atoms with Crippen molar-refractivity contribution in [2.45, 2.75) is 32.2 Å². The summed E-state index contributed by atoms with van der Waals surface area (Å²) >= 11 is 0. The van der Waals surface area contributed by atoms with Crippen LogP contribution in [0.3, 0.4) is 0 Å². The zero-order valence-corrected chi connectivity index (χ0v) is 17.3. The first-order chi connectivity index (χ1) is 14.6. The third-order valence-corrected chi connectivity index (χ3v) is 5.29. The van der Waals surface area contributed by atoms with E-state index in [1.165, 1.54) is 0 Å². The molecule has 0 bridgehead atoms. The van der Waals surface area contributed by atoms with Gasteiger partial charge in [0.05, 0.1) is 7.11 Å². The molecule has 1 unspecified atom stereocenters. The summed E-state index contributed by atoms with van der Waals surface area (Å²) in [6.45, 7) is 3.33. The lowest BCUT2D eigenvalue weighted by Crippen LogP contribution is -2.44. The molecule has 8 heteroatoms. The number of hydrogen-bond donors (Lipinski definition) is 1. The summed E-state index contributed by atoms with van der Waals surface area (Å²) in [5, 5.41) is 3.09. The second-order valence-corrected chi connectivity index (χ2v) is 7.38. The largest absolute Gasteiger partial charge is 0.497 e. The molecule has 30 heavy (non-hydrogen) atoms. The van der Waals surface area contributed by atoms with Crippen LogP contribution in [0.15, 0.2) is 49.1 Å². The number of nitrogens with zero attached hydrogens (tertiary/aromatic N) is 5. The van der Waals surface area contributed by atoms with Crippen LogP contribution in [0.5, 0.6) is 5.75 Å². The van der Waals surface area contributed by atoms with Crippen LogP contribution in [0.25, 0.3) is 5.95 Å². The van der Waals surface area contributed by atoms with Crippen molar-refractivity contribution in [2.75, 3.05) is 25.1 Å². The molecule has 3 aromatic rings. The number of imidazole rings is 1. The Labute approximate surface area is 175 Å². The summed E-state index contributed by atoms with van der Waals surface area (Å²) < 4.78 is 6.96. The molecule has 1 aromatic carbocycles. The standard InChI is InChI=1S/C22H26N6O2/c1-16-14-20(26-22(25-16)27-13-11-23-15-27)28-12-3-4-19(28)21(29)24-10-9-17-5-7-18(30-2)8-6-17/h5-8,11,13-15,19H,3-4,9-10,12H2,1-2H3,(H,24,29). The lowest BCUT2D eigenvalue weighted by Gasteiger charge is -2.25. The predicted molar refractivity (Wildman–Crippen MR) is 114 cm³/mol. The van der Waals surface area contributed by atoms with E-state index in [1.54, 1.807) is 24.2 Å². The van der Waals surface area contributed by atoms with Crippen molar-refractivity contribution in [3.63, 3.8) is 0 Å². The van der Waals surface area contributed by atoms with Crippen LogP contribution in [0.1, 0.15) is 24.1 Å². The molecule has 1 amide bonds. The quantitative estimate of drug-likeness (QED) is 0.648. The van der Waals surface area contributed by atoms with Gasteiger partial charge < -0.3 is 15.0 Å². The number of amides is 1. The topological polar surface area (TPSA) is 85.2 Å². The fourth-order valence-electron chi connectivity index (χ4n) is 3.73. The van der Waals surface area contributed by atoms with Gasteiger partial charge in [-0.05, 0) is 43.9 Å². The minimum atomic E-state index is -0.217. The first-order valence-electron chi connectivity index (χ1n) is 10.2. The first-order valence-corrected chi connectivity index (χ1v) is 10.2. The zero-order valence-electron chi connectivity index (χ0n) is 17.3. The molecule has 1 N–H and O–H groups in total. The lowest BCUT2D eigenvalue weighted by atomic mass is 10.1. The number of carbonyl (C=O) groups excluding carboxylic acids is 1. The number of aryl methyl sites for hydroxylation is 1. The van der Waals surface area contributed by atoms with E-state index in [2.05, 4.69) is 25.2 Å². The van der Waals surface area contributed by atoms with E-state index >= 15 is 0 Å². The first kappa shape index (κ1) is 19.9. The lowest BCUT2D eigenvalue weighted by molar-refractivity contribution is -0.122. The van der Waals surface area contributed by atoms with E-state index in [-0.39, 0.29) is 11.9 Å². The molecule has 0 radical (unpaired) electrons. The average molecular weight is 406 g/mol. The Balaban J connectivity index is 1.41. The molecule has 4 rings (SSSR count). The van der Waals surface area contributed by atoms with Crippen LogP contribution < -0.4 is 15.0 Å². The van der Waals surface area contributed by atoms with Crippen molar-refractivity contribution in [3.8, 4) is 11.7 Å². The Hall–Kier alpha value is -3.42. The van der Waals surface area contributed by atoms with E-state index in [4.69, 9.17) is 4.74 Å². The second kappa shape index (κ2) is 8.94. The number of methoxy groups -OCH3 is 1. The number of aromatic nitrogens is 4. The monoisotopic (exact) mass is 406 g/mol. The number of anilines is 1. The molecule has 156 valence electrons. The molecule has 1 aliphatic rings. The van der Waals surface area contributed by atoms with Gasteiger partial charge in [-0.3, -0.25) is 9.36 Å². The van der Waals surface area contributed by atoms with Gasteiger partial charge in [-0.25, -0.2) is 9.97 Å². The molecule has 1 fully saturated rings. The van der Waals surface area contributed by atoms with Crippen LogP contribution in [-0.4, -0.2) is 51.7 Å². The molecular weight excluding hydrogens is 380 g/mol. The van der Waals surface area contributed by atoms with Crippen molar-refractivity contribution in [3.05, 3.63) is 60.3 Å². The van der Waals surface area contributed by atoms with Crippen molar-refractivity contribution < 1.29 is 9.53 Å². The smallest absolute Gasteiger partial charge is 0.242 e. The van der Waals surface area contributed by atoms with Gasteiger partial charge >= 0.3 is 0 Å². The third-order valence-electron chi connectivity index (χ3n) is 5.29. The fourth-order valence-corrected chi connectivity index (χ4v) is 3.73. The van der Waals surface area contributed by atoms with Crippen LogP contribution in [0.4, 0.5) is 5.82 Å². The summed E-state index contributed by atoms with van der Waals surface area (Å²) in [6.07, 6.45) is 7.73. The SMILES string of the molecule is COc1ccc(CCNC(=O)C2CCCN2c2cc(C)nc(-n3ccnc3)n2)cc1. The van der Waals surface area contributed by atoms with E-state index in [1.807, 2.05) is 43.5 Å². The number of hydrogen-bond acceptors (Lipinski definition) is 6. The van der Waals surface area contributed by atoms with Gasteiger partial charge in [0.25, 0.3) is 0 Å². The fraction of sp³-hybridized carbons (Fsp3) is 0.364. The Kier molecular flexibility index (Phi) is 5.92. The second-order valence-electron chi connectivity index (χ2n) is 7.38. The number of rotatable bonds is 7. The minimum absolute atomic E-state index is 0.0430. The van der Waals surface area contributed by atoms with E-state index in [0.29, 0.717) is 12.5 Å². The number of benzene rings is 1. The highest BCUT2D eigenvalue weighted by Crippen LogP contribution is 2.25. The van der Waals surface area contributed by atoms with Crippen LogP contribution in [0.2, 0.25) is 0 Å². The van der Waals surface area contributed by atoms with Gasteiger partial charge in [-0.2, -0.15) is 4.98 Å². The van der Waals surface area contributed by atoms with Crippen molar-refractivity contribution in [2.24, 2.45) is 0 Å². The molecule has 8 nitrogen and oxygen atoms in total. The van der Waals surface area contributed by atoms with Crippen molar-refractivity contribution >= 4 is 11.7 Å². The van der Waals surface area contributed by atoms with Gasteiger partial charge in [-0.1, -0.05) is 12.1 Å². The summed E-state index contributed by atoms with van der Waals surface area (Å²) in [5.74, 6) is 2.22. The van der Waals surface area contributed by atoms with Crippen molar-refractivity contribution in [1.29, 1.82) is 0 Å². The molecule has 3 heterocycles. The van der Waals surface area contributed by atoms with Crippen LogP contribution in [-0.2, 0) is 11.2 Å². The highest BCUT2D eigenvalue weighted by molar-refractivity contribution is 5.85. The van der Waals surface area contributed by atoms with Crippen LogP contribution >= 0.6 is 0 Å². The summed E-state index contributed by atoms with van der Waals surface area (Å²) in [5.41, 5.74) is 2.02. The average Bonchev–Trinajstić information content (AvgIpc) is 3.46. The summed E-state index contributed by atoms with van der Waals surface area (Å²) in [6, 6.07) is 9.63. The predicted octanol–water partition coefficient (Wildman–Crippen LogP) is 2.31. The van der Waals surface area contributed by atoms with Crippen LogP contribution in [0, 0.1) is 6.92 Å². The maximum Gasteiger partial charge on any atom is 0.242 e. The normalized spacial score (nSPS) is 15.9. The van der Waals surface area contributed by atoms with Gasteiger partial charge in [0, 0.05) is 37.2 Å². The summed E-state index contributed by atoms with van der Waals surface area (Å²) in [7, 11) is 1.65. The Morgan fingerprint density at radius 1 is 1.27 bits per heavy atom. The maximum absolute atomic E-state index is 12.9.